The zero-order valence-corrected chi connectivity index (χ0v) is 16.9. The second-order valence-corrected chi connectivity index (χ2v) is 7.74. The van der Waals surface area contributed by atoms with Crippen molar-refractivity contribution in [2.24, 2.45) is 0 Å². The second-order valence-electron chi connectivity index (χ2n) is 7.74. The van der Waals surface area contributed by atoms with E-state index >= 15 is 0 Å². The summed E-state index contributed by atoms with van der Waals surface area (Å²) in [4.78, 5) is 9.58. The molecule has 0 N–H and O–H groups in total. The van der Waals surface area contributed by atoms with Crippen LogP contribution in [-0.4, -0.2) is 39.5 Å². The van der Waals surface area contributed by atoms with Crippen molar-refractivity contribution in [1.82, 2.24) is 19.7 Å². The van der Waals surface area contributed by atoms with E-state index in [0.29, 0.717) is 12.5 Å². The van der Waals surface area contributed by atoms with Gasteiger partial charge in [-0.05, 0) is 44.9 Å². The monoisotopic (exact) mass is 392 g/mol. The van der Waals surface area contributed by atoms with Gasteiger partial charge in [0.2, 0.25) is 0 Å². The fourth-order valence-electron chi connectivity index (χ4n) is 4.32. The number of nitrogens with zero attached hydrogens (tertiary/aromatic N) is 4. The Balaban J connectivity index is 1.74. The Morgan fingerprint density at radius 1 is 1.24 bits per heavy atom. The number of benzene rings is 1. The Hall–Kier alpha value is -2.93. The van der Waals surface area contributed by atoms with Gasteiger partial charge in [-0.3, -0.25) is 4.98 Å². The summed E-state index contributed by atoms with van der Waals surface area (Å²) >= 11 is 0. The maximum Gasteiger partial charge on any atom is 0.133 e. The Kier molecular flexibility index (Phi) is 4.47. The van der Waals surface area contributed by atoms with E-state index in [4.69, 9.17) is 19.0 Å². The maximum atomic E-state index is 5.81. The summed E-state index contributed by atoms with van der Waals surface area (Å²) in [5.41, 5.74) is 3.81. The molecule has 1 aromatic carbocycles. The summed E-state index contributed by atoms with van der Waals surface area (Å²) < 4.78 is 18.9. The predicted octanol–water partition coefficient (Wildman–Crippen LogP) is 4.22. The lowest BCUT2D eigenvalue weighted by Crippen LogP contribution is -2.26. The van der Waals surface area contributed by atoms with Crippen LogP contribution in [0, 0.1) is 6.92 Å². The summed E-state index contributed by atoms with van der Waals surface area (Å²) in [5.74, 6) is 2.59. The van der Waals surface area contributed by atoms with Crippen molar-refractivity contribution >= 4 is 21.9 Å². The average Bonchev–Trinajstić information content (AvgIpc) is 3.30. The van der Waals surface area contributed by atoms with E-state index in [1.165, 1.54) is 0 Å². The second kappa shape index (κ2) is 7.15. The van der Waals surface area contributed by atoms with Crippen LogP contribution in [0.4, 0.5) is 0 Å². The quantitative estimate of drug-likeness (QED) is 0.518. The molecule has 4 aromatic rings. The van der Waals surface area contributed by atoms with Crippen LogP contribution in [0.15, 0.2) is 35.0 Å². The van der Waals surface area contributed by atoms with Crippen LogP contribution in [0.3, 0.4) is 0 Å². The van der Waals surface area contributed by atoms with Crippen LogP contribution in [0.25, 0.3) is 21.9 Å². The summed E-state index contributed by atoms with van der Waals surface area (Å²) in [6.45, 7) is 4.79. The Morgan fingerprint density at radius 3 is 2.90 bits per heavy atom. The van der Waals surface area contributed by atoms with E-state index in [1.807, 2.05) is 31.3 Å². The molecular weight excluding hydrogens is 368 g/mol. The highest BCUT2D eigenvalue weighted by Crippen LogP contribution is 2.35. The van der Waals surface area contributed by atoms with E-state index in [9.17, 15) is 0 Å². The van der Waals surface area contributed by atoms with Gasteiger partial charge in [0.15, 0.2) is 0 Å². The lowest BCUT2D eigenvalue weighted by molar-refractivity contribution is 0.00630. The SMILES string of the molecule is COc1ccc2ncc3nc(Cc4cc(C)on4)n([C@H]4CCO[C@@H](C)C4)c3c2c1. The molecular formula is C22H24N4O3. The zero-order chi connectivity index (χ0) is 20.0. The number of rotatable bonds is 4. The number of ether oxygens (including phenoxy) is 2. The third-order valence-corrected chi connectivity index (χ3v) is 5.63. The first-order valence-electron chi connectivity index (χ1n) is 9.99. The first-order chi connectivity index (χ1) is 14.1. The molecule has 2 atom stereocenters. The molecule has 0 spiro atoms. The number of aromatic nitrogens is 4. The third-order valence-electron chi connectivity index (χ3n) is 5.63. The molecule has 5 rings (SSSR count). The van der Waals surface area contributed by atoms with Crippen LogP contribution >= 0.6 is 0 Å². The fourth-order valence-corrected chi connectivity index (χ4v) is 4.32. The Bertz CT molecular complexity index is 1180. The third kappa shape index (κ3) is 3.25. The summed E-state index contributed by atoms with van der Waals surface area (Å²) in [6.07, 6.45) is 4.60. The van der Waals surface area contributed by atoms with Gasteiger partial charge in [-0.2, -0.15) is 0 Å². The van der Waals surface area contributed by atoms with E-state index in [0.717, 1.165) is 64.4 Å². The number of aryl methyl sites for hydroxylation is 1. The van der Waals surface area contributed by atoms with E-state index in [2.05, 4.69) is 27.7 Å². The molecule has 29 heavy (non-hydrogen) atoms. The van der Waals surface area contributed by atoms with Gasteiger partial charge in [0.05, 0.1) is 42.6 Å². The number of hydrogen-bond donors (Lipinski definition) is 0. The van der Waals surface area contributed by atoms with Gasteiger partial charge >= 0.3 is 0 Å². The molecule has 0 radical (unpaired) electrons. The highest BCUT2D eigenvalue weighted by Gasteiger charge is 2.26. The molecule has 1 aliphatic heterocycles. The number of pyridine rings is 1. The molecule has 1 fully saturated rings. The van der Waals surface area contributed by atoms with Crippen molar-refractivity contribution in [3.8, 4) is 5.75 Å². The number of fused-ring (bicyclic) bond motifs is 3. The van der Waals surface area contributed by atoms with Gasteiger partial charge in [-0.1, -0.05) is 5.16 Å². The minimum absolute atomic E-state index is 0.219. The normalized spacial score (nSPS) is 19.8. The van der Waals surface area contributed by atoms with Crippen molar-refractivity contribution in [3.05, 3.63) is 47.7 Å². The van der Waals surface area contributed by atoms with Crippen LogP contribution in [-0.2, 0) is 11.2 Å². The van der Waals surface area contributed by atoms with Gasteiger partial charge < -0.3 is 18.6 Å². The minimum atomic E-state index is 0.219. The zero-order valence-electron chi connectivity index (χ0n) is 16.9. The van der Waals surface area contributed by atoms with E-state index < -0.39 is 0 Å². The standard InChI is InChI=1S/C22H24N4O3/c1-13-9-16(6-7-28-13)26-21(10-15-8-14(2)29-25-15)24-20-12-23-19-5-4-17(27-3)11-18(19)22(20)26/h4-5,8,11-13,16H,6-7,9-10H2,1-3H3/t13-,16-/m0/s1. The molecule has 7 nitrogen and oxygen atoms in total. The molecule has 3 aromatic heterocycles. The maximum absolute atomic E-state index is 5.81. The molecule has 1 saturated heterocycles. The summed E-state index contributed by atoms with van der Waals surface area (Å²) in [6, 6.07) is 8.27. The van der Waals surface area contributed by atoms with Gasteiger partial charge in [0.25, 0.3) is 0 Å². The van der Waals surface area contributed by atoms with Gasteiger partial charge in [-0.25, -0.2) is 4.98 Å². The molecule has 7 heteroatoms. The lowest BCUT2D eigenvalue weighted by Gasteiger charge is -2.30. The Labute approximate surface area is 168 Å². The molecule has 4 heterocycles. The van der Waals surface area contributed by atoms with Crippen LogP contribution in [0.2, 0.25) is 0 Å². The largest absolute Gasteiger partial charge is 0.497 e. The molecule has 0 saturated carbocycles. The fraction of sp³-hybridized carbons (Fsp3) is 0.409. The van der Waals surface area contributed by atoms with E-state index in [-0.39, 0.29) is 6.10 Å². The highest BCUT2D eigenvalue weighted by atomic mass is 16.5. The van der Waals surface area contributed by atoms with Crippen LogP contribution in [0.5, 0.6) is 5.75 Å². The average molecular weight is 392 g/mol. The number of hydrogen-bond acceptors (Lipinski definition) is 6. The highest BCUT2D eigenvalue weighted by molar-refractivity contribution is 6.03. The lowest BCUT2D eigenvalue weighted by atomic mass is 10.0. The minimum Gasteiger partial charge on any atom is -0.497 e. The molecule has 0 aliphatic carbocycles. The summed E-state index contributed by atoms with van der Waals surface area (Å²) in [7, 11) is 1.69. The molecule has 0 bridgehead atoms. The van der Waals surface area contributed by atoms with Gasteiger partial charge in [0, 0.05) is 24.1 Å². The van der Waals surface area contributed by atoms with Crippen molar-refractivity contribution in [2.75, 3.05) is 13.7 Å². The molecule has 0 amide bonds. The first-order valence-corrected chi connectivity index (χ1v) is 9.99. The topological polar surface area (TPSA) is 75.2 Å². The van der Waals surface area contributed by atoms with Gasteiger partial charge in [-0.15, -0.1) is 0 Å². The van der Waals surface area contributed by atoms with Crippen LogP contribution < -0.4 is 4.74 Å². The van der Waals surface area contributed by atoms with Crippen molar-refractivity contribution in [1.29, 1.82) is 0 Å². The number of methoxy groups -OCH3 is 1. The molecule has 0 unspecified atom stereocenters. The Morgan fingerprint density at radius 2 is 2.14 bits per heavy atom. The van der Waals surface area contributed by atoms with Crippen molar-refractivity contribution in [2.45, 2.75) is 45.3 Å². The predicted molar refractivity (Wildman–Crippen MR) is 109 cm³/mol. The summed E-state index contributed by atoms with van der Waals surface area (Å²) in [5, 5.41) is 5.24. The van der Waals surface area contributed by atoms with Crippen molar-refractivity contribution in [3.63, 3.8) is 0 Å². The number of imidazole rings is 1. The van der Waals surface area contributed by atoms with E-state index in [1.54, 1.807) is 7.11 Å². The smallest absolute Gasteiger partial charge is 0.133 e. The van der Waals surface area contributed by atoms with Crippen LogP contribution in [0.1, 0.15) is 43.1 Å². The van der Waals surface area contributed by atoms with Gasteiger partial charge in [0.1, 0.15) is 22.9 Å². The molecule has 150 valence electrons. The first kappa shape index (κ1) is 18.1. The molecule has 1 aliphatic rings. The van der Waals surface area contributed by atoms with Crippen molar-refractivity contribution < 1.29 is 14.0 Å².